The number of allylic oxidation sites excluding steroid dienone is 1. The standard InChI is InChI=1S/C13H18FN/c1-3-4-5-10-15(2)11-12-6-8-13(14)9-7-12/h3,6-9H,1,4-5,10-11H2,2H3. The molecule has 0 saturated heterocycles. The van der Waals surface area contributed by atoms with Gasteiger partial charge >= 0.3 is 0 Å². The van der Waals surface area contributed by atoms with Gasteiger partial charge in [-0.3, -0.25) is 0 Å². The molecule has 1 rings (SSSR count). The Hall–Kier alpha value is -1.15. The maximum atomic E-state index is 12.6. The Morgan fingerprint density at radius 2 is 2.00 bits per heavy atom. The summed E-state index contributed by atoms with van der Waals surface area (Å²) in [5, 5.41) is 0. The van der Waals surface area contributed by atoms with E-state index in [1.165, 1.54) is 12.1 Å². The van der Waals surface area contributed by atoms with Gasteiger partial charge in [0.1, 0.15) is 5.82 Å². The van der Waals surface area contributed by atoms with E-state index in [0.717, 1.165) is 31.5 Å². The van der Waals surface area contributed by atoms with Crippen LogP contribution in [0.3, 0.4) is 0 Å². The highest BCUT2D eigenvalue weighted by Crippen LogP contribution is 2.06. The molecule has 1 aromatic carbocycles. The predicted molar refractivity (Wildman–Crippen MR) is 62.2 cm³/mol. The molecule has 82 valence electrons. The van der Waals surface area contributed by atoms with Crippen LogP contribution < -0.4 is 0 Å². The zero-order valence-electron chi connectivity index (χ0n) is 9.25. The van der Waals surface area contributed by atoms with Gasteiger partial charge in [-0.25, -0.2) is 4.39 Å². The van der Waals surface area contributed by atoms with Crippen molar-refractivity contribution >= 4 is 0 Å². The lowest BCUT2D eigenvalue weighted by Crippen LogP contribution is -2.18. The van der Waals surface area contributed by atoms with E-state index in [9.17, 15) is 4.39 Å². The fourth-order valence-electron chi connectivity index (χ4n) is 1.49. The molecule has 2 heteroatoms. The summed E-state index contributed by atoms with van der Waals surface area (Å²) in [4.78, 5) is 2.23. The number of benzene rings is 1. The van der Waals surface area contributed by atoms with Crippen molar-refractivity contribution in [1.29, 1.82) is 0 Å². The van der Waals surface area contributed by atoms with E-state index in [-0.39, 0.29) is 5.82 Å². The maximum absolute atomic E-state index is 12.6. The van der Waals surface area contributed by atoms with Gasteiger partial charge in [0.25, 0.3) is 0 Å². The van der Waals surface area contributed by atoms with Crippen molar-refractivity contribution in [3.63, 3.8) is 0 Å². The monoisotopic (exact) mass is 207 g/mol. The van der Waals surface area contributed by atoms with Gasteiger partial charge in [0.2, 0.25) is 0 Å². The average molecular weight is 207 g/mol. The van der Waals surface area contributed by atoms with Crippen molar-refractivity contribution in [2.24, 2.45) is 0 Å². The molecular weight excluding hydrogens is 189 g/mol. The first kappa shape index (κ1) is 11.9. The van der Waals surface area contributed by atoms with E-state index in [0.29, 0.717) is 0 Å². The van der Waals surface area contributed by atoms with E-state index in [1.807, 2.05) is 18.2 Å². The van der Waals surface area contributed by atoms with E-state index in [2.05, 4.69) is 18.5 Å². The molecule has 0 aliphatic rings. The number of rotatable bonds is 6. The zero-order chi connectivity index (χ0) is 11.1. The fourth-order valence-corrected chi connectivity index (χ4v) is 1.49. The van der Waals surface area contributed by atoms with Crippen LogP contribution in [-0.2, 0) is 6.54 Å². The second-order valence-electron chi connectivity index (χ2n) is 3.80. The molecule has 0 spiro atoms. The quantitative estimate of drug-likeness (QED) is 0.511. The molecule has 0 unspecified atom stereocenters. The van der Waals surface area contributed by atoms with E-state index in [4.69, 9.17) is 0 Å². The number of hydrogen-bond donors (Lipinski definition) is 0. The van der Waals surface area contributed by atoms with Crippen LogP contribution in [0.2, 0.25) is 0 Å². The van der Waals surface area contributed by atoms with Crippen molar-refractivity contribution < 1.29 is 4.39 Å². The Labute approximate surface area is 91.2 Å². The molecule has 0 aromatic heterocycles. The van der Waals surface area contributed by atoms with Crippen molar-refractivity contribution in [3.05, 3.63) is 48.3 Å². The minimum atomic E-state index is -0.173. The summed E-state index contributed by atoms with van der Waals surface area (Å²) in [7, 11) is 2.08. The van der Waals surface area contributed by atoms with E-state index < -0.39 is 0 Å². The highest BCUT2D eigenvalue weighted by atomic mass is 19.1. The third-order valence-corrected chi connectivity index (χ3v) is 2.31. The number of halogens is 1. The Morgan fingerprint density at radius 3 is 2.60 bits per heavy atom. The van der Waals surface area contributed by atoms with Crippen LogP contribution in [0.25, 0.3) is 0 Å². The molecule has 0 heterocycles. The first-order chi connectivity index (χ1) is 7.22. The van der Waals surface area contributed by atoms with E-state index in [1.54, 1.807) is 0 Å². The van der Waals surface area contributed by atoms with Crippen LogP contribution in [0.15, 0.2) is 36.9 Å². The van der Waals surface area contributed by atoms with Crippen LogP contribution in [0.4, 0.5) is 4.39 Å². The molecule has 0 atom stereocenters. The summed E-state index contributed by atoms with van der Waals surface area (Å²) >= 11 is 0. The van der Waals surface area contributed by atoms with Crippen LogP contribution in [0.1, 0.15) is 18.4 Å². The van der Waals surface area contributed by atoms with Gasteiger partial charge in [0.05, 0.1) is 0 Å². The minimum absolute atomic E-state index is 0.173. The third kappa shape index (κ3) is 4.75. The summed E-state index contributed by atoms with van der Waals surface area (Å²) < 4.78 is 12.6. The van der Waals surface area contributed by atoms with Crippen LogP contribution in [0, 0.1) is 5.82 Å². The summed E-state index contributed by atoms with van der Waals surface area (Å²) in [6.45, 7) is 5.61. The van der Waals surface area contributed by atoms with Gasteiger partial charge in [0, 0.05) is 6.54 Å². The number of unbranched alkanes of at least 4 members (excludes halogenated alkanes) is 1. The maximum Gasteiger partial charge on any atom is 0.123 e. The lowest BCUT2D eigenvalue weighted by Gasteiger charge is -2.15. The average Bonchev–Trinajstić information content (AvgIpc) is 2.22. The first-order valence-corrected chi connectivity index (χ1v) is 5.26. The Balaban J connectivity index is 2.34. The topological polar surface area (TPSA) is 3.24 Å². The molecule has 0 aliphatic carbocycles. The fraction of sp³-hybridized carbons (Fsp3) is 0.385. The van der Waals surface area contributed by atoms with Crippen molar-refractivity contribution in [2.45, 2.75) is 19.4 Å². The van der Waals surface area contributed by atoms with Crippen LogP contribution in [0.5, 0.6) is 0 Å². The minimum Gasteiger partial charge on any atom is -0.302 e. The second-order valence-corrected chi connectivity index (χ2v) is 3.80. The summed E-state index contributed by atoms with van der Waals surface area (Å²) in [5.74, 6) is -0.173. The van der Waals surface area contributed by atoms with Gasteiger partial charge in [-0.05, 0) is 44.1 Å². The molecule has 0 aliphatic heterocycles. The molecule has 1 aromatic rings. The predicted octanol–water partition coefficient (Wildman–Crippen LogP) is 3.22. The van der Waals surface area contributed by atoms with Crippen LogP contribution in [-0.4, -0.2) is 18.5 Å². The largest absolute Gasteiger partial charge is 0.302 e. The molecule has 0 radical (unpaired) electrons. The normalized spacial score (nSPS) is 10.6. The number of nitrogens with zero attached hydrogens (tertiary/aromatic N) is 1. The van der Waals surface area contributed by atoms with Crippen LogP contribution >= 0.6 is 0 Å². The molecule has 0 bridgehead atoms. The Bertz CT molecular complexity index is 292. The molecule has 0 N–H and O–H groups in total. The molecule has 0 saturated carbocycles. The highest BCUT2D eigenvalue weighted by Gasteiger charge is 1.99. The summed E-state index contributed by atoms with van der Waals surface area (Å²) in [5.41, 5.74) is 1.15. The summed E-state index contributed by atoms with van der Waals surface area (Å²) in [6.07, 6.45) is 4.11. The molecular formula is C13H18FN. The van der Waals surface area contributed by atoms with Gasteiger partial charge < -0.3 is 4.90 Å². The second kappa shape index (κ2) is 6.36. The SMILES string of the molecule is C=CCCCN(C)Cc1ccc(F)cc1. The first-order valence-electron chi connectivity index (χ1n) is 5.26. The van der Waals surface area contributed by atoms with Crippen molar-refractivity contribution in [3.8, 4) is 0 Å². The summed E-state index contributed by atoms with van der Waals surface area (Å²) in [6, 6.07) is 6.68. The van der Waals surface area contributed by atoms with Crippen molar-refractivity contribution in [1.82, 2.24) is 4.90 Å². The smallest absolute Gasteiger partial charge is 0.123 e. The lowest BCUT2D eigenvalue weighted by molar-refractivity contribution is 0.323. The lowest BCUT2D eigenvalue weighted by atomic mass is 10.2. The molecule has 0 amide bonds. The third-order valence-electron chi connectivity index (χ3n) is 2.31. The van der Waals surface area contributed by atoms with Crippen molar-refractivity contribution in [2.75, 3.05) is 13.6 Å². The molecule has 15 heavy (non-hydrogen) atoms. The van der Waals surface area contributed by atoms with Gasteiger partial charge in [-0.1, -0.05) is 18.2 Å². The molecule has 1 nitrogen and oxygen atoms in total. The highest BCUT2D eigenvalue weighted by molar-refractivity contribution is 5.15. The Morgan fingerprint density at radius 1 is 1.33 bits per heavy atom. The zero-order valence-corrected chi connectivity index (χ0v) is 9.25. The van der Waals surface area contributed by atoms with Gasteiger partial charge in [-0.15, -0.1) is 6.58 Å². The van der Waals surface area contributed by atoms with Gasteiger partial charge in [-0.2, -0.15) is 0 Å². The van der Waals surface area contributed by atoms with Gasteiger partial charge in [0.15, 0.2) is 0 Å². The molecule has 0 fully saturated rings. The number of hydrogen-bond acceptors (Lipinski definition) is 1. The van der Waals surface area contributed by atoms with E-state index >= 15 is 0 Å². The Kier molecular flexibility index (Phi) is 5.05.